The van der Waals surface area contributed by atoms with Gasteiger partial charge in [0, 0.05) is 5.02 Å². The van der Waals surface area contributed by atoms with E-state index < -0.39 is 0 Å². The summed E-state index contributed by atoms with van der Waals surface area (Å²) in [7, 11) is 0. The van der Waals surface area contributed by atoms with Gasteiger partial charge in [0.25, 0.3) is 0 Å². The van der Waals surface area contributed by atoms with E-state index in [9.17, 15) is 0 Å². The Morgan fingerprint density at radius 2 is 1.43 bits per heavy atom. The summed E-state index contributed by atoms with van der Waals surface area (Å²) in [5, 5.41) is 0.852. The first kappa shape index (κ1) is 12.7. The molecule has 0 bridgehead atoms. The Balaban J connectivity index is 1.78. The molecule has 0 aromatic heterocycles. The van der Waals surface area contributed by atoms with Crippen LogP contribution in [0.2, 0.25) is 5.02 Å². The van der Waals surface area contributed by atoms with E-state index in [1.807, 2.05) is 12.1 Å². The zero-order chi connectivity index (χ0) is 14.2. The molecule has 4 rings (SSSR count). The van der Waals surface area contributed by atoms with E-state index in [0.717, 1.165) is 17.9 Å². The molecular weight excluding hydrogens is 276 g/mol. The second kappa shape index (κ2) is 5.05. The van der Waals surface area contributed by atoms with E-state index in [-0.39, 0.29) is 0 Å². The van der Waals surface area contributed by atoms with Crippen LogP contribution in [0.15, 0.2) is 66.7 Å². The van der Waals surface area contributed by atoms with Crippen LogP contribution < -0.4 is 0 Å². The zero-order valence-corrected chi connectivity index (χ0v) is 12.4. The molecule has 3 aromatic carbocycles. The van der Waals surface area contributed by atoms with Gasteiger partial charge >= 0.3 is 0 Å². The smallest absolute Gasteiger partial charge is 0.0441 e. The van der Waals surface area contributed by atoms with Crippen molar-refractivity contribution in [1.29, 1.82) is 0 Å². The maximum atomic E-state index is 6.31. The van der Waals surface area contributed by atoms with Crippen molar-refractivity contribution in [3.63, 3.8) is 0 Å². The van der Waals surface area contributed by atoms with E-state index in [4.69, 9.17) is 11.6 Å². The Morgan fingerprint density at radius 3 is 2.33 bits per heavy atom. The number of rotatable bonds is 2. The molecule has 0 nitrogen and oxygen atoms in total. The third-order valence-electron chi connectivity index (χ3n) is 4.29. The number of hydrogen-bond acceptors (Lipinski definition) is 0. The molecule has 0 N–H and O–H groups in total. The average Bonchev–Trinajstić information content (AvgIpc) is 2.89. The van der Waals surface area contributed by atoms with Crippen LogP contribution in [0, 0.1) is 0 Å². The molecule has 1 aliphatic rings. The molecule has 0 saturated heterocycles. The van der Waals surface area contributed by atoms with Crippen LogP contribution in [-0.2, 0) is 12.8 Å². The van der Waals surface area contributed by atoms with Crippen LogP contribution >= 0.6 is 11.6 Å². The minimum absolute atomic E-state index is 0.852. The Bertz CT molecular complexity index is 818. The highest BCUT2D eigenvalue weighted by Crippen LogP contribution is 2.38. The van der Waals surface area contributed by atoms with Gasteiger partial charge in [-0.2, -0.15) is 0 Å². The van der Waals surface area contributed by atoms with Crippen LogP contribution in [-0.4, -0.2) is 0 Å². The summed E-state index contributed by atoms with van der Waals surface area (Å²) in [6.07, 6.45) is 1.93. The van der Waals surface area contributed by atoms with Crippen molar-refractivity contribution in [2.24, 2.45) is 0 Å². The monoisotopic (exact) mass is 290 g/mol. The Kier molecular flexibility index (Phi) is 3.05. The standard InChI is InChI=1S/C20H15Cl/c21-20-11-4-2-7-16(20)12-14-8-5-10-18-17-9-3-1-6-15(17)13-19(14)18/h1-11H,12-13H2. The molecule has 0 saturated carbocycles. The molecule has 21 heavy (non-hydrogen) atoms. The Morgan fingerprint density at radius 1 is 0.714 bits per heavy atom. The number of halogens is 1. The lowest BCUT2D eigenvalue weighted by Gasteiger charge is -2.10. The molecule has 1 heteroatoms. The third kappa shape index (κ3) is 2.16. The van der Waals surface area contributed by atoms with E-state index in [2.05, 4.69) is 54.6 Å². The first-order valence-corrected chi connectivity index (χ1v) is 7.63. The molecule has 0 spiro atoms. The summed E-state index contributed by atoms with van der Waals surface area (Å²) in [4.78, 5) is 0. The minimum atomic E-state index is 0.852. The minimum Gasteiger partial charge on any atom is -0.0840 e. The lowest BCUT2D eigenvalue weighted by molar-refractivity contribution is 1.12. The predicted molar refractivity (Wildman–Crippen MR) is 88.9 cm³/mol. The first-order valence-electron chi connectivity index (χ1n) is 7.25. The summed E-state index contributed by atoms with van der Waals surface area (Å²) in [5.74, 6) is 0. The molecule has 0 amide bonds. The van der Waals surface area contributed by atoms with Gasteiger partial charge < -0.3 is 0 Å². The van der Waals surface area contributed by atoms with Gasteiger partial charge in [-0.3, -0.25) is 0 Å². The quantitative estimate of drug-likeness (QED) is 0.457. The first-order chi connectivity index (χ1) is 10.3. The molecule has 0 fully saturated rings. The van der Waals surface area contributed by atoms with Gasteiger partial charge in [0.05, 0.1) is 0 Å². The van der Waals surface area contributed by atoms with E-state index in [1.165, 1.54) is 33.4 Å². The van der Waals surface area contributed by atoms with Crippen molar-refractivity contribution in [1.82, 2.24) is 0 Å². The van der Waals surface area contributed by atoms with Crippen LogP contribution in [0.3, 0.4) is 0 Å². The predicted octanol–water partition coefficient (Wildman–Crippen LogP) is 5.50. The summed E-state index contributed by atoms with van der Waals surface area (Å²) >= 11 is 6.31. The topological polar surface area (TPSA) is 0 Å². The van der Waals surface area contributed by atoms with Crippen LogP contribution in [0.5, 0.6) is 0 Å². The highest BCUT2D eigenvalue weighted by molar-refractivity contribution is 6.31. The second-order valence-electron chi connectivity index (χ2n) is 5.55. The summed E-state index contributed by atoms with van der Waals surface area (Å²) < 4.78 is 0. The molecule has 0 heterocycles. The second-order valence-corrected chi connectivity index (χ2v) is 5.95. The SMILES string of the molecule is Clc1ccccc1Cc1cccc2c1Cc1ccccc1-2. The maximum absolute atomic E-state index is 6.31. The molecule has 0 atom stereocenters. The highest BCUT2D eigenvalue weighted by Gasteiger charge is 2.20. The lowest BCUT2D eigenvalue weighted by atomic mass is 9.96. The fourth-order valence-corrected chi connectivity index (χ4v) is 3.44. The number of fused-ring (bicyclic) bond motifs is 3. The summed E-state index contributed by atoms with van der Waals surface area (Å²) in [5.41, 5.74) is 8.24. The third-order valence-corrected chi connectivity index (χ3v) is 4.66. The molecule has 0 radical (unpaired) electrons. The van der Waals surface area contributed by atoms with Gasteiger partial charge in [-0.25, -0.2) is 0 Å². The van der Waals surface area contributed by atoms with Crippen molar-refractivity contribution >= 4 is 11.6 Å². The molecule has 0 aliphatic heterocycles. The molecular formula is C20H15Cl. The van der Waals surface area contributed by atoms with E-state index in [0.29, 0.717) is 0 Å². The zero-order valence-electron chi connectivity index (χ0n) is 11.6. The summed E-state index contributed by atoms with van der Waals surface area (Å²) in [6.45, 7) is 0. The summed E-state index contributed by atoms with van der Waals surface area (Å²) in [6, 6.07) is 23.4. The largest absolute Gasteiger partial charge is 0.0840 e. The van der Waals surface area contributed by atoms with Crippen molar-refractivity contribution in [3.05, 3.63) is 94.0 Å². The van der Waals surface area contributed by atoms with Gasteiger partial charge in [0.1, 0.15) is 0 Å². The molecule has 3 aromatic rings. The molecule has 0 unspecified atom stereocenters. The van der Waals surface area contributed by atoms with Gasteiger partial charge in [-0.15, -0.1) is 0 Å². The van der Waals surface area contributed by atoms with E-state index >= 15 is 0 Å². The Labute approximate surface area is 130 Å². The number of hydrogen-bond donors (Lipinski definition) is 0. The van der Waals surface area contributed by atoms with Gasteiger partial charge in [0.15, 0.2) is 0 Å². The van der Waals surface area contributed by atoms with Crippen molar-refractivity contribution < 1.29 is 0 Å². The fraction of sp³-hybridized carbons (Fsp3) is 0.100. The van der Waals surface area contributed by atoms with Gasteiger partial charge in [0.2, 0.25) is 0 Å². The van der Waals surface area contributed by atoms with Crippen LogP contribution in [0.4, 0.5) is 0 Å². The van der Waals surface area contributed by atoms with Crippen molar-refractivity contribution in [2.45, 2.75) is 12.8 Å². The average molecular weight is 291 g/mol. The number of benzene rings is 3. The molecule has 1 aliphatic carbocycles. The maximum Gasteiger partial charge on any atom is 0.0441 e. The highest BCUT2D eigenvalue weighted by atomic mass is 35.5. The fourth-order valence-electron chi connectivity index (χ4n) is 3.24. The normalized spacial score (nSPS) is 12.0. The van der Waals surface area contributed by atoms with Crippen molar-refractivity contribution in [2.75, 3.05) is 0 Å². The van der Waals surface area contributed by atoms with Crippen molar-refractivity contribution in [3.8, 4) is 11.1 Å². The van der Waals surface area contributed by atoms with Gasteiger partial charge in [-0.05, 0) is 52.3 Å². The molecule has 102 valence electrons. The lowest BCUT2D eigenvalue weighted by Crippen LogP contribution is -1.95. The van der Waals surface area contributed by atoms with Crippen LogP contribution in [0.25, 0.3) is 11.1 Å². The van der Waals surface area contributed by atoms with Gasteiger partial charge in [-0.1, -0.05) is 72.3 Å². The van der Waals surface area contributed by atoms with E-state index in [1.54, 1.807) is 0 Å². The van der Waals surface area contributed by atoms with Crippen LogP contribution in [0.1, 0.15) is 22.3 Å². The Hall–Kier alpha value is -2.05.